The summed E-state index contributed by atoms with van der Waals surface area (Å²) in [6, 6.07) is 0. The zero-order valence-electron chi connectivity index (χ0n) is 8.38. The molecule has 1 heterocycles. The molecule has 0 saturated carbocycles. The highest BCUT2D eigenvalue weighted by atomic mass is 16.5. The van der Waals surface area contributed by atoms with Gasteiger partial charge in [-0.05, 0) is 51.7 Å². The van der Waals surface area contributed by atoms with E-state index in [1.165, 1.54) is 38.8 Å². The molecule has 1 aliphatic heterocycles. The van der Waals surface area contributed by atoms with Crippen LogP contribution in [0.4, 0.5) is 0 Å². The Kier molecular flexibility index (Phi) is 4.62. The highest BCUT2D eigenvalue weighted by molar-refractivity contribution is 4.65. The average Bonchev–Trinajstić information content (AvgIpc) is 2.00. The van der Waals surface area contributed by atoms with Gasteiger partial charge in [0.25, 0.3) is 0 Å². The molecule has 0 aliphatic carbocycles. The van der Waals surface area contributed by atoms with Crippen LogP contribution in [0.2, 0.25) is 0 Å². The molecular weight excluding hydrogens is 150 g/mol. The van der Waals surface area contributed by atoms with Gasteiger partial charge in [0.1, 0.15) is 0 Å². The third-order valence-electron chi connectivity index (χ3n) is 2.71. The lowest BCUT2D eigenvalue weighted by Gasteiger charge is -2.24. The summed E-state index contributed by atoms with van der Waals surface area (Å²) in [6.45, 7) is 3.49. The van der Waals surface area contributed by atoms with Gasteiger partial charge in [0, 0.05) is 13.7 Å². The van der Waals surface area contributed by atoms with Crippen LogP contribution in [0, 0.1) is 5.92 Å². The van der Waals surface area contributed by atoms with E-state index < -0.39 is 0 Å². The Labute approximate surface area is 75.9 Å². The van der Waals surface area contributed by atoms with Crippen molar-refractivity contribution in [3.8, 4) is 0 Å². The Bertz CT molecular complexity index is 106. The van der Waals surface area contributed by atoms with Gasteiger partial charge in [-0.1, -0.05) is 0 Å². The fourth-order valence-electron chi connectivity index (χ4n) is 1.96. The van der Waals surface area contributed by atoms with Crippen molar-refractivity contribution in [1.29, 1.82) is 0 Å². The second kappa shape index (κ2) is 5.55. The van der Waals surface area contributed by atoms with E-state index in [0.29, 0.717) is 0 Å². The molecule has 0 unspecified atom stereocenters. The normalized spacial score (nSPS) is 23.5. The van der Waals surface area contributed by atoms with E-state index in [0.717, 1.165) is 12.5 Å². The first kappa shape index (κ1) is 10.0. The third-order valence-corrected chi connectivity index (χ3v) is 2.71. The summed E-state index contributed by atoms with van der Waals surface area (Å²) in [4.78, 5) is 2.43. The van der Waals surface area contributed by atoms with Crippen LogP contribution in [0.3, 0.4) is 0 Å². The van der Waals surface area contributed by atoms with Gasteiger partial charge < -0.3 is 9.64 Å². The van der Waals surface area contributed by atoms with Gasteiger partial charge in [-0.3, -0.25) is 0 Å². The van der Waals surface area contributed by atoms with E-state index in [1.54, 1.807) is 0 Å². The van der Waals surface area contributed by atoms with E-state index in [9.17, 15) is 0 Å². The highest BCUT2D eigenvalue weighted by Crippen LogP contribution is 2.17. The van der Waals surface area contributed by atoms with Crippen LogP contribution in [0.1, 0.15) is 25.7 Å². The van der Waals surface area contributed by atoms with Crippen molar-refractivity contribution in [1.82, 2.24) is 4.90 Å². The lowest BCUT2D eigenvalue weighted by atomic mass is 9.96. The van der Waals surface area contributed by atoms with E-state index in [-0.39, 0.29) is 0 Å². The van der Waals surface area contributed by atoms with Crippen LogP contribution >= 0.6 is 0 Å². The Morgan fingerprint density at radius 1 is 1.25 bits per heavy atom. The van der Waals surface area contributed by atoms with E-state index >= 15 is 0 Å². The van der Waals surface area contributed by atoms with Crippen LogP contribution in [0.15, 0.2) is 0 Å². The van der Waals surface area contributed by atoms with Gasteiger partial charge in [-0.2, -0.15) is 0 Å². The van der Waals surface area contributed by atoms with Crippen molar-refractivity contribution in [3.05, 3.63) is 0 Å². The number of ether oxygens (including phenoxy) is 1. The molecule has 0 bridgehead atoms. The zero-order valence-corrected chi connectivity index (χ0v) is 8.38. The molecule has 0 N–H and O–H groups in total. The van der Waals surface area contributed by atoms with Crippen molar-refractivity contribution in [3.63, 3.8) is 0 Å². The standard InChI is InChI=1S/C10H21NO/c1-11-7-3-5-10(9-12-2)6-4-8-11/h10H,3-9H2,1-2H3. The van der Waals surface area contributed by atoms with E-state index in [2.05, 4.69) is 11.9 Å². The van der Waals surface area contributed by atoms with Gasteiger partial charge in [0.2, 0.25) is 0 Å². The molecule has 0 radical (unpaired) electrons. The first-order valence-electron chi connectivity index (χ1n) is 5.00. The monoisotopic (exact) mass is 171 g/mol. The summed E-state index contributed by atoms with van der Waals surface area (Å²) >= 11 is 0. The number of methoxy groups -OCH3 is 1. The van der Waals surface area contributed by atoms with Gasteiger partial charge in [-0.15, -0.1) is 0 Å². The van der Waals surface area contributed by atoms with Crippen LogP contribution in [-0.4, -0.2) is 38.8 Å². The van der Waals surface area contributed by atoms with Crippen molar-refractivity contribution in [2.75, 3.05) is 33.9 Å². The molecule has 1 saturated heterocycles. The number of nitrogens with zero attached hydrogens (tertiary/aromatic N) is 1. The molecule has 0 aromatic heterocycles. The molecule has 2 heteroatoms. The molecule has 72 valence electrons. The predicted octanol–water partition coefficient (Wildman–Crippen LogP) is 1.75. The fraction of sp³-hybridized carbons (Fsp3) is 1.00. The summed E-state index contributed by atoms with van der Waals surface area (Å²) in [5.74, 6) is 0.823. The number of rotatable bonds is 2. The van der Waals surface area contributed by atoms with Crippen molar-refractivity contribution < 1.29 is 4.74 Å². The maximum Gasteiger partial charge on any atom is 0.0490 e. The number of hydrogen-bond donors (Lipinski definition) is 0. The molecule has 1 rings (SSSR count). The summed E-state index contributed by atoms with van der Waals surface area (Å²) in [5, 5.41) is 0. The minimum atomic E-state index is 0.823. The second-order valence-corrected chi connectivity index (χ2v) is 3.91. The molecule has 12 heavy (non-hydrogen) atoms. The molecule has 0 aromatic carbocycles. The molecule has 0 spiro atoms. The largest absolute Gasteiger partial charge is 0.384 e. The summed E-state index contributed by atoms with van der Waals surface area (Å²) in [7, 11) is 4.03. The summed E-state index contributed by atoms with van der Waals surface area (Å²) in [5.41, 5.74) is 0. The molecule has 0 aromatic rings. The second-order valence-electron chi connectivity index (χ2n) is 3.91. The minimum absolute atomic E-state index is 0.823. The quantitative estimate of drug-likeness (QED) is 0.627. The van der Waals surface area contributed by atoms with Crippen LogP contribution < -0.4 is 0 Å². The maximum absolute atomic E-state index is 5.19. The van der Waals surface area contributed by atoms with Crippen molar-refractivity contribution >= 4 is 0 Å². The lowest BCUT2D eigenvalue weighted by molar-refractivity contribution is 0.129. The first-order chi connectivity index (χ1) is 5.83. The molecule has 1 fully saturated rings. The number of likely N-dealkylation sites (tertiary alicyclic amines) is 1. The number of hydrogen-bond acceptors (Lipinski definition) is 2. The Balaban J connectivity index is 2.20. The Morgan fingerprint density at radius 2 is 1.83 bits per heavy atom. The Hall–Kier alpha value is -0.0800. The smallest absolute Gasteiger partial charge is 0.0490 e. The summed E-state index contributed by atoms with van der Waals surface area (Å²) in [6.07, 6.45) is 5.37. The van der Waals surface area contributed by atoms with Gasteiger partial charge in [0.15, 0.2) is 0 Å². The fourth-order valence-corrected chi connectivity index (χ4v) is 1.96. The zero-order chi connectivity index (χ0) is 8.81. The SMILES string of the molecule is COCC1CCCN(C)CCC1. The van der Waals surface area contributed by atoms with Gasteiger partial charge >= 0.3 is 0 Å². The van der Waals surface area contributed by atoms with Crippen LogP contribution in [0.5, 0.6) is 0 Å². The van der Waals surface area contributed by atoms with Gasteiger partial charge in [-0.25, -0.2) is 0 Å². The molecule has 1 aliphatic rings. The topological polar surface area (TPSA) is 12.5 Å². The lowest BCUT2D eigenvalue weighted by Crippen LogP contribution is -2.25. The Morgan fingerprint density at radius 3 is 2.33 bits per heavy atom. The van der Waals surface area contributed by atoms with E-state index in [1.807, 2.05) is 7.11 Å². The third kappa shape index (κ3) is 3.55. The van der Waals surface area contributed by atoms with Crippen LogP contribution in [0.25, 0.3) is 0 Å². The summed E-state index contributed by atoms with van der Waals surface area (Å²) < 4.78 is 5.19. The van der Waals surface area contributed by atoms with E-state index in [4.69, 9.17) is 4.74 Å². The molecule has 2 nitrogen and oxygen atoms in total. The molecular formula is C10H21NO. The maximum atomic E-state index is 5.19. The van der Waals surface area contributed by atoms with Crippen LogP contribution in [-0.2, 0) is 4.74 Å². The molecule has 0 atom stereocenters. The highest BCUT2D eigenvalue weighted by Gasteiger charge is 2.12. The van der Waals surface area contributed by atoms with Crippen molar-refractivity contribution in [2.45, 2.75) is 25.7 Å². The average molecular weight is 171 g/mol. The molecule has 0 amide bonds. The van der Waals surface area contributed by atoms with Gasteiger partial charge in [0.05, 0.1) is 0 Å². The first-order valence-corrected chi connectivity index (χ1v) is 5.00. The van der Waals surface area contributed by atoms with Crippen molar-refractivity contribution in [2.24, 2.45) is 5.92 Å². The predicted molar refractivity (Wildman–Crippen MR) is 51.3 cm³/mol. The minimum Gasteiger partial charge on any atom is -0.384 e.